The number of carbonyl (C=O) groups is 1. The summed E-state index contributed by atoms with van der Waals surface area (Å²) in [6.07, 6.45) is 1.68. The van der Waals surface area contributed by atoms with Crippen molar-refractivity contribution >= 4 is 5.91 Å². The van der Waals surface area contributed by atoms with Gasteiger partial charge < -0.3 is 10.6 Å². The van der Waals surface area contributed by atoms with Gasteiger partial charge in [-0.2, -0.15) is 0 Å². The summed E-state index contributed by atoms with van der Waals surface area (Å²) < 4.78 is 12.8. The fourth-order valence-corrected chi connectivity index (χ4v) is 2.23. The van der Waals surface area contributed by atoms with E-state index >= 15 is 0 Å². The van der Waals surface area contributed by atoms with Gasteiger partial charge in [-0.05, 0) is 37.5 Å². The first-order valence-corrected chi connectivity index (χ1v) is 5.91. The first-order valence-electron chi connectivity index (χ1n) is 5.91. The van der Waals surface area contributed by atoms with Crippen LogP contribution < -0.4 is 5.73 Å². The van der Waals surface area contributed by atoms with E-state index in [9.17, 15) is 9.18 Å². The molecule has 2 N–H and O–H groups in total. The van der Waals surface area contributed by atoms with Crippen molar-refractivity contribution in [1.29, 1.82) is 0 Å². The van der Waals surface area contributed by atoms with Crippen LogP contribution in [0.3, 0.4) is 0 Å². The molecule has 2 atom stereocenters. The van der Waals surface area contributed by atoms with Crippen LogP contribution in [0, 0.1) is 5.82 Å². The third kappa shape index (κ3) is 2.47. The highest BCUT2D eigenvalue weighted by Gasteiger charge is 2.29. The molecule has 1 amide bonds. The van der Waals surface area contributed by atoms with Crippen LogP contribution in [0.25, 0.3) is 0 Å². The van der Waals surface area contributed by atoms with Gasteiger partial charge in [-0.3, -0.25) is 4.79 Å². The number of amides is 1. The number of carbonyl (C=O) groups excluding carboxylic acids is 1. The summed E-state index contributed by atoms with van der Waals surface area (Å²) in [6, 6.07) is 5.84. The molecule has 2 rings (SSSR count). The minimum Gasteiger partial charge on any atom is -0.335 e. The number of rotatable bonds is 2. The number of nitrogens with zero attached hydrogens (tertiary/aromatic N) is 1. The fraction of sp³-hybridized carbons (Fsp3) is 0.462. The lowest BCUT2D eigenvalue weighted by Crippen LogP contribution is -2.49. The second kappa shape index (κ2) is 4.84. The van der Waals surface area contributed by atoms with Gasteiger partial charge in [0.1, 0.15) is 5.82 Å². The third-order valence-corrected chi connectivity index (χ3v) is 3.33. The van der Waals surface area contributed by atoms with Crippen LogP contribution in [-0.2, 0) is 4.79 Å². The molecule has 0 saturated carbocycles. The minimum absolute atomic E-state index is 0.00641. The normalized spacial score (nSPS) is 22.6. The fourth-order valence-electron chi connectivity index (χ4n) is 2.23. The lowest BCUT2D eigenvalue weighted by molar-refractivity contribution is -0.137. The zero-order valence-electron chi connectivity index (χ0n) is 9.90. The molecule has 1 aliphatic rings. The predicted octanol–water partition coefficient (Wildman–Crippen LogP) is 1.84. The number of likely N-dealkylation sites (tertiary alicyclic amines) is 1. The van der Waals surface area contributed by atoms with Crippen molar-refractivity contribution < 1.29 is 9.18 Å². The smallest absolute Gasteiger partial charge is 0.239 e. The molecule has 3 nitrogen and oxygen atoms in total. The highest BCUT2D eigenvalue weighted by molar-refractivity contribution is 5.82. The molecular weight excluding hydrogens is 219 g/mol. The van der Waals surface area contributed by atoms with Crippen molar-refractivity contribution in [3.05, 3.63) is 35.6 Å². The van der Waals surface area contributed by atoms with Crippen molar-refractivity contribution in [2.45, 2.75) is 31.8 Å². The van der Waals surface area contributed by atoms with Gasteiger partial charge in [-0.25, -0.2) is 4.39 Å². The Morgan fingerprint density at radius 1 is 1.41 bits per heavy atom. The van der Waals surface area contributed by atoms with E-state index in [1.54, 1.807) is 17.0 Å². The Balaban J connectivity index is 2.16. The molecule has 1 aliphatic heterocycles. The van der Waals surface area contributed by atoms with Gasteiger partial charge in [0, 0.05) is 6.54 Å². The monoisotopic (exact) mass is 236 g/mol. The minimum atomic E-state index is -0.383. The van der Waals surface area contributed by atoms with Gasteiger partial charge in [0.25, 0.3) is 0 Å². The summed E-state index contributed by atoms with van der Waals surface area (Å²) >= 11 is 0. The molecule has 1 fully saturated rings. The highest BCUT2D eigenvalue weighted by Crippen LogP contribution is 2.24. The molecule has 1 aromatic rings. The van der Waals surface area contributed by atoms with E-state index in [0.29, 0.717) is 0 Å². The Morgan fingerprint density at radius 3 is 2.71 bits per heavy atom. The average molecular weight is 236 g/mol. The lowest BCUT2D eigenvalue weighted by Gasteiger charge is -2.35. The first-order chi connectivity index (χ1) is 8.09. The summed E-state index contributed by atoms with van der Waals surface area (Å²) in [5.41, 5.74) is 6.70. The van der Waals surface area contributed by atoms with E-state index in [1.807, 2.05) is 6.92 Å². The highest BCUT2D eigenvalue weighted by atomic mass is 19.1. The standard InChI is InChI=1S/C13H17FN2O/c1-9(10-4-6-11(14)7-5-10)16-8-2-3-12(15)13(16)17/h4-7,9,12H,2-3,8,15H2,1H3/t9-,12-/m0/s1. The van der Waals surface area contributed by atoms with Crippen LogP contribution in [-0.4, -0.2) is 23.4 Å². The Labute approximate surface area is 100 Å². The van der Waals surface area contributed by atoms with E-state index in [0.717, 1.165) is 24.9 Å². The molecule has 4 heteroatoms. The molecule has 0 aromatic heterocycles. The molecule has 0 radical (unpaired) electrons. The second-order valence-corrected chi connectivity index (χ2v) is 4.51. The van der Waals surface area contributed by atoms with Crippen LogP contribution >= 0.6 is 0 Å². The van der Waals surface area contributed by atoms with Crippen LogP contribution in [0.1, 0.15) is 31.4 Å². The molecular formula is C13H17FN2O. The summed E-state index contributed by atoms with van der Waals surface area (Å²) in [5.74, 6) is -0.268. The van der Waals surface area contributed by atoms with Crippen LogP contribution in [0.5, 0.6) is 0 Å². The predicted molar refractivity (Wildman–Crippen MR) is 63.7 cm³/mol. The summed E-state index contributed by atoms with van der Waals surface area (Å²) in [6.45, 7) is 2.67. The van der Waals surface area contributed by atoms with E-state index in [-0.39, 0.29) is 23.8 Å². The third-order valence-electron chi connectivity index (χ3n) is 3.33. The lowest BCUT2D eigenvalue weighted by atomic mass is 10.0. The molecule has 1 saturated heterocycles. The van der Waals surface area contributed by atoms with Crippen molar-refractivity contribution in [3.63, 3.8) is 0 Å². The number of halogens is 1. The van der Waals surface area contributed by atoms with Crippen LogP contribution in [0.15, 0.2) is 24.3 Å². The van der Waals surface area contributed by atoms with Gasteiger partial charge in [0.15, 0.2) is 0 Å². The molecule has 0 bridgehead atoms. The van der Waals surface area contributed by atoms with Gasteiger partial charge in [0.05, 0.1) is 12.1 Å². The zero-order chi connectivity index (χ0) is 12.4. The van der Waals surface area contributed by atoms with Gasteiger partial charge in [0.2, 0.25) is 5.91 Å². The first kappa shape index (κ1) is 12.0. The summed E-state index contributed by atoms with van der Waals surface area (Å²) in [4.78, 5) is 13.7. The SMILES string of the molecule is C[C@@H](c1ccc(F)cc1)N1CCC[C@H](N)C1=O. The topological polar surface area (TPSA) is 46.3 Å². The quantitative estimate of drug-likeness (QED) is 0.851. The molecule has 0 unspecified atom stereocenters. The maximum Gasteiger partial charge on any atom is 0.239 e. The Bertz CT molecular complexity index is 404. The molecule has 0 aliphatic carbocycles. The molecule has 1 heterocycles. The van der Waals surface area contributed by atoms with E-state index in [4.69, 9.17) is 5.73 Å². The summed E-state index contributed by atoms with van der Waals surface area (Å²) in [7, 11) is 0. The Morgan fingerprint density at radius 2 is 2.06 bits per heavy atom. The van der Waals surface area contributed by atoms with Crippen molar-refractivity contribution in [2.75, 3.05) is 6.54 Å². The number of hydrogen-bond donors (Lipinski definition) is 1. The molecule has 1 aromatic carbocycles. The largest absolute Gasteiger partial charge is 0.335 e. The Kier molecular flexibility index (Phi) is 3.43. The number of hydrogen-bond acceptors (Lipinski definition) is 2. The number of benzene rings is 1. The van der Waals surface area contributed by atoms with Crippen molar-refractivity contribution in [3.8, 4) is 0 Å². The number of nitrogens with two attached hydrogens (primary N) is 1. The Hall–Kier alpha value is -1.42. The molecule has 0 spiro atoms. The second-order valence-electron chi connectivity index (χ2n) is 4.51. The average Bonchev–Trinajstić information content (AvgIpc) is 2.33. The van der Waals surface area contributed by atoms with E-state index in [2.05, 4.69) is 0 Å². The summed E-state index contributed by atoms with van der Waals surface area (Å²) in [5, 5.41) is 0. The van der Waals surface area contributed by atoms with E-state index < -0.39 is 0 Å². The van der Waals surface area contributed by atoms with Crippen molar-refractivity contribution in [2.24, 2.45) is 5.73 Å². The van der Waals surface area contributed by atoms with Gasteiger partial charge in [-0.15, -0.1) is 0 Å². The zero-order valence-corrected chi connectivity index (χ0v) is 9.90. The number of piperidine rings is 1. The van der Waals surface area contributed by atoms with Gasteiger partial charge in [-0.1, -0.05) is 12.1 Å². The van der Waals surface area contributed by atoms with Gasteiger partial charge >= 0.3 is 0 Å². The van der Waals surface area contributed by atoms with Crippen molar-refractivity contribution in [1.82, 2.24) is 4.90 Å². The van der Waals surface area contributed by atoms with Crippen LogP contribution in [0.2, 0.25) is 0 Å². The molecule has 92 valence electrons. The van der Waals surface area contributed by atoms with E-state index in [1.165, 1.54) is 12.1 Å². The molecule has 17 heavy (non-hydrogen) atoms. The van der Waals surface area contributed by atoms with Crippen LogP contribution in [0.4, 0.5) is 4.39 Å². The maximum absolute atomic E-state index is 12.8. The maximum atomic E-state index is 12.8.